The number of ketones is 8. The number of aliphatic hydroxyl groups is 4. The molecule has 0 bridgehead atoms. The predicted molar refractivity (Wildman–Crippen MR) is 187 cm³/mol. The normalized spacial score (nSPS) is 8.79. The quantitative estimate of drug-likeness (QED) is 0.0649. The number of hydrogen-bond donors (Lipinski definition) is 4. The number of Topliss-reactive ketones (excluding diaryl/α,β-unsaturated/α-hetero) is 8. The molecule has 4 radical (unpaired) electrons. The zero-order valence-electron chi connectivity index (χ0n) is 38.4. The van der Waals surface area contributed by atoms with Gasteiger partial charge in [0.15, 0.2) is 0 Å². The largest absolute Gasteiger partial charge is 2.00 e. The van der Waals surface area contributed by atoms with Gasteiger partial charge in [0, 0.05) is 61.4 Å². The molecule has 4 N–H and O–H groups in total. The van der Waals surface area contributed by atoms with Crippen LogP contribution in [0.25, 0.3) is 0 Å². The van der Waals surface area contributed by atoms with Crippen LogP contribution < -0.4 is 57.7 Å². The van der Waals surface area contributed by atoms with Crippen LogP contribution in [0.15, 0.2) is 0 Å². The van der Waals surface area contributed by atoms with E-state index in [0.717, 1.165) is 14.2 Å². The molecule has 0 saturated carbocycles. The van der Waals surface area contributed by atoms with Gasteiger partial charge in [-0.2, -0.15) is 0 Å². The topological polar surface area (TPSA) is 501 Å². The fourth-order valence-corrected chi connectivity index (χ4v) is 2.87. The minimum absolute atomic E-state index is 0. The molecule has 0 saturated heterocycles. The summed E-state index contributed by atoms with van der Waals surface area (Å²) in [5.41, 5.74) is 0. The van der Waals surface area contributed by atoms with Crippen LogP contribution in [0, 0.1) is 20.5 Å². The molecule has 0 aliphatic carbocycles. The number of halogens is 2. The number of carbonyl (C=O) groups is 8. The van der Waals surface area contributed by atoms with Crippen molar-refractivity contribution in [2.75, 3.05) is 93.1 Å². The van der Waals surface area contributed by atoms with Crippen LogP contribution >= 0.6 is 0 Å². The van der Waals surface area contributed by atoms with E-state index in [1.54, 1.807) is 9.80 Å². The second kappa shape index (κ2) is 78.5. The maximum Gasteiger partial charge on any atom is 2.00 e. The first-order valence-corrected chi connectivity index (χ1v) is 19.7. The van der Waals surface area contributed by atoms with Crippen LogP contribution in [-0.2, 0) is 107 Å². The number of carbonyl (C=O) groups excluding carboxylic acids is 8. The summed E-state index contributed by atoms with van der Waals surface area (Å²) in [6.45, 7) is 12.8. The molecule has 0 heterocycles. The minimum atomic E-state index is -4.94. The molecule has 0 fully saturated rings. The summed E-state index contributed by atoms with van der Waals surface area (Å²) in [5.74, 6) is -0.500. The van der Waals surface area contributed by atoms with Crippen LogP contribution in [0.1, 0.15) is 81.1 Å². The zero-order valence-corrected chi connectivity index (χ0v) is 44.7. The molecule has 400 valence electrons. The molecule has 0 rings (SSSR count). The van der Waals surface area contributed by atoms with E-state index < -0.39 is 20.5 Å². The van der Waals surface area contributed by atoms with Crippen LogP contribution in [0.5, 0.6) is 0 Å². The third-order valence-electron chi connectivity index (χ3n) is 4.45. The minimum Gasteiger partial charge on any atom is -0.854 e. The van der Waals surface area contributed by atoms with Gasteiger partial charge in [0.05, 0.1) is 38.9 Å². The molecule has 0 spiro atoms. The Balaban J connectivity index is -0.0000000386. The summed E-state index contributed by atoms with van der Waals surface area (Å²) in [5, 5.41) is 71.1. The molecule has 0 atom stereocenters. The van der Waals surface area contributed by atoms with Crippen LogP contribution in [0.2, 0.25) is 0 Å². The Hall–Kier alpha value is -0.702. The van der Waals surface area contributed by atoms with Gasteiger partial charge in [-0.1, -0.05) is 0 Å². The Morgan fingerprint density at radius 3 is 0.500 bits per heavy atom. The van der Waals surface area contributed by atoms with E-state index in [1.165, 1.54) is 55.4 Å². The van der Waals surface area contributed by atoms with E-state index in [4.69, 9.17) is 57.7 Å². The Kier molecular flexibility index (Phi) is 122. The van der Waals surface area contributed by atoms with Gasteiger partial charge in [0.2, 0.25) is 0 Å². The van der Waals surface area contributed by atoms with Crippen molar-refractivity contribution in [3.63, 3.8) is 0 Å². The SMILES string of the molecule is CC(=O)CC(C)=O.CC(=O)CC(C)=O.CC(=O)CC(C)=O.CC(=O)CC(C)=O.CO.CO.[Mn+2].[Mn+2].[Mn].[Mn].[O-]CCN(CC[O-])CCO.[O-]CCN(CC[O-])CCO.[O-][Cl+3]([O-])([O-])[O-].[O-][Cl+3]([O-])([O-])[O-]. The van der Waals surface area contributed by atoms with E-state index >= 15 is 0 Å². The van der Waals surface area contributed by atoms with E-state index in [-0.39, 0.29) is 180 Å². The Morgan fingerprint density at radius 2 is 0.455 bits per heavy atom. The molecule has 0 aromatic carbocycles. The average Bonchev–Trinajstić information content (AvgIpc) is 3.05. The van der Waals surface area contributed by atoms with E-state index in [2.05, 4.69) is 0 Å². The predicted octanol–water partition coefficient (Wildman–Crippen LogP) is -14.1. The number of rotatable bonds is 20. The second-order valence-corrected chi connectivity index (χ2v) is 12.5. The number of hydrogen-bond acceptors (Lipinski definition) is 26. The van der Waals surface area contributed by atoms with Gasteiger partial charge in [-0.15, -0.1) is 46.9 Å². The van der Waals surface area contributed by atoms with E-state index in [1.807, 2.05) is 0 Å². The summed E-state index contributed by atoms with van der Waals surface area (Å²) in [4.78, 5) is 83.6. The Labute approximate surface area is 433 Å². The summed E-state index contributed by atoms with van der Waals surface area (Å²) in [7, 11) is -7.89. The van der Waals surface area contributed by atoms with Crippen molar-refractivity contribution in [2.24, 2.45) is 0 Å². The van der Waals surface area contributed by atoms with Gasteiger partial charge in [0.1, 0.15) is 46.3 Å². The zero-order chi connectivity index (χ0) is 52.1. The average molecular weight is 1180 g/mol. The monoisotopic (exact) mass is 1180 g/mol. The number of aliphatic hydroxyl groups excluding tert-OH is 4. The summed E-state index contributed by atoms with van der Waals surface area (Å²) < 4.78 is 67.9. The van der Waals surface area contributed by atoms with E-state index in [0.29, 0.717) is 39.3 Å². The van der Waals surface area contributed by atoms with Gasteiger partial charge in [-0.25, -0.2) is 37.3 Å². The summed E-state index contributed by atoms with van der Waals surface area (Å²) in [6.07, 6.45) is 0.333. The van der Waals surface area contributed by atoms with Crippen LogP contribution in [0.3, 0.4) is 0 Å². The molecule has 0 aliphatic rings. The molecule has 0 unspecified atom stereocenters. The first-order chi connectivity index (χ1) is 28.2. The molecule has 0 aromatic heterocycles. The van der Waals surface area contributed by atoms with Crippen molar-refractivity contribution in [1.29, 1.82) is 0 Å². The summed E-state index contributed by atoms with van der Waals surface area (Å²) in [6, 6.07) is 0. The standard InChI is InChI=1S/2C6H13NO3.4C5H8O2.2CH4O.2ClHO4.4Mn/c2*8-4-1-7(2-5-9)3-6-10;4*1-4(6)3-5(2)7;2*1-2;2*2-1(3,4)5;;;;/h2*8H,1-6H2;4*3H2,1-2H3;2*2H,1H3;2*(H,2,3,4,5);;;;/q2*-2;;;;;;;;;;;2*+2/p-2. The van der Waals surface area contributed by atoms with Crippen molar-refractivity contribution >= 4 is 46.3 Å². The van der Waals surface area contributed by atoms with Gasteiger partial charge in [0.25, 0.3) is 0 Å². The molecule has 66 heavy (non-hydrogen) atoms. The van der Waals surface area contributed by atoms with Crippen molar-refractivity contribution in [1.82, 2.24) is 9.80 Å². The first-order valence-electron chi connectivity index (χ1n) is 17.3. The Morgan fingerprint density at radius 1 is 0.348 bits per heavy atom. The van der Waals surface area contributed by atoms with Crippen molar-refractivity contribution < 1.29 is 205 Å². The van der Waals surface area contributed by atoms with Gasteiger partial charge >= 0.3 is 34.1 Å². The maximum atomic E-state index is 10.1. The maximum absolute atomic E-state index is 10.1. The van der Waals surface area contributed by atoms with Gasteiger partial charge in [-0.05, 0) is 81.6 Å². The molecular weight excluding hydrogens is 1110 g/mol. The van der Waals surface area contributed by atoms with Crippen molar-refractivity contribution in [3.05, 3.63) is 0 Å². The third-order valence-corrected chi connectivity index (χ3v) is 4.45. The second-order valence-electron chi connectivity index (χ2n) is 11.0. The Bertz CT molecular complexity index is 873. The first kappa shape index (κ1) is 103. The fourth-order valence-electron chi connectivity index (χ4n) is 2.87. The third kappa shape index (κ3) is 222. The molecule has 26 nitrogen and oxygen atoms in total. The summed E-state index contributed by atoms with van der Waals surface area (Å²) >= 11 is 0. The molecule has 0 aromatic rings. The molecule has 0 amide bonds. The molecular formula is C34H66Cl2Mn4N2O24-2. The van der Waals surface area contributed by atoms with Gasteiger partial charge in [-0.3, -0.25) is 38.4 Å². The molecule has 32 heteroatoms. The number of nitrogens with zero attached hydrogens (tertiary/aromatic N) is 2. The smallest absolute Gasteiger partial charge is 0.854 e. The van der Waals surface area contributed by atoms with Gasteiger partial charge < -0.3 is 50.7 Å². The van der Waals surface area contributed by atoms with E-state index in [9.17, 15) is 58.8 Å². The fraction of sp³-hybridized carbons (Fsp3) is 0.765. The van der Waals surface area contributed by atoms with Crippen LogP contribution in [-0.4, -0.2) is 170 Å². The van der Waals surface area contributed by atoms with Crippen LogP contribution in [0.4, 0.5) is 0 Å². The van der Waals surface area contributed by atoms with Crippen molar-refractivity contribution in [2.45, 2.75) is 81.1 Å². The van der Waals surface area contributed by atoms with Crippen molar-refractivity contribution in [3.8, 4) is 0 Å². The molecule has 0 aliphatic heterocycles.